The number of carbonyl (C=O) groups is 6. The standard InChI is InChI=1S/2C18H16N4O.3C2H2O4/c2*1-13(21-10-9-19-12-21)15-7-8-16-17(11-15)22(23)18(20-16)14-5-3-2-4-6-14;3*3-1(4)2(5)6/h2*2-13,23H,1H3;3*(H,3,4)(H,5,6). The molecule has 64 heavy (non-hydrogen) atoms. The summed E-state index contributed by atoms with van der Waals surface area (Å²) < 4.78 is 6.37. The highest BCUT2D eigenvalue weighted by Gasteiger charge is 2.16. The largest absolute Gasteiger partial charge is 0.473 e. The van der Waals surface area contributed by atoms with E-state index in [4.69, 9.17) is 59.4 Å². The molecule has 0 bridgehead atoms. The van der Waals surface area contributed by atoms with Crippen molar-refractivity contribution in [1.82, 2.24) is 38.5 Å². The fraction of sp³-hybridized carbons (Fsp3) is 0.0952. The van der Waals surface area contributed by atoms with Crippen molar-refractivity contribution in [3.8, 4) is 22.8 Å². The highest BCUT2D eigenvalue weighted by Crippen LogP contribution is 2.28. The number of fused-ring (bicyclic) bond motifs is 2. The maximum Gasteiger partial charge on any atom is 0.414 e. The average Bonchev–Trinajstić information content (AvgIpc) is 4.13. The first-order chi connectivity index (χ1) is 30.4. The lowest BCUT2D eigenvalue weighted by molar-refractivity contribution is -0.159. The molecule has 330 valence electrons. The fourth-order valence-corrected chi connectivity index (χ4v) is 5.57. The Hall–Kier alpha value is -9.34. The van der Waals surface area contributed by atoms with E-state index in [-0.39, 0.29) is 12.1 Å². The van der Waals surface area contributed by atoms with Crippen LogP contribution in [0.25, 0.3) is 44.8 Å². The van der Waals surface area contributed by atoms with Crippen molar-refractivity contribution in [1.29, 1.82) is 0 Å². The third kappa shape index (κ3) is 12.4. The van der Waals surface area contributed by atoms with E-state index in [9.17, 15) is 10.4 Å². The Morgan fingerprint density at radius 1 is 0.469 bits per heavy atom. The Labute approximate surface area is 360 Å². The summed E-state index contributed by atoms with van der Waals surface area (Å²) in [6, 6.07) is 31.5. The highest BCUT2D eigenvalue weighted by molar-refractivity contribution is 6.28. The van der Waals surface area contributed by atoms with Gasteiger partial charge in [0, 0.05) is 35.9 Å². The van der Waals surface area contributed by atoms with E-state index in [2.05, 4.69) is 33.8 Å². The van der Waals surface area contributed by atoms with E-state index >= 15 is 0 Å². The van der Waals surface area contributed by atoms with Gasteiger partial charge in [-0.1, -0.05) is 72.8 Å². The van der Waals surface area contributed by atoms with E-state index in [1.165, 1.54) is 0 Å². The molecule has 0 fully saturated rings. The van der Waals surface area contributed by atoms with Gasteiger partial charge in [-0.3, -0.25) is 0 Å². The summed E-state index contributed by atoms with van der Waals surface area (Å²) in [6.45, 7) is 4.19. The quantitative estimate of drug-likeness (QED) is 0.0808. The van der Waals surface area contributed by atoms with Crippen LogP contribution < -0.4 is 0 Å². The van der Waals surface area contributed by atoms with E-state index < -0.39 is 35.8 Å². The molecular weight excluding hydrogens is 841 g/mol. The monoisotopic (exact) mass is 878 g/mol. The molecule has 0 aliphatic heterocycles. The summed E-state index contributed by atoms with van der Waals surface area (Å²) in [4.78, 5) is 71.9. The van der Waals surface area contributed by atoms with Crippen molar-refractivity contribution in [2.45, 2.75) is 25.9 Å². The molecule has 22 nitrogen and oxygen atoms in total. The molecule has 22 heteroatoms. The summed E-state index contributed by atoms with van der Waals surface area (Å²) in [7, 11) is 0. The lowest BCUT2D eigenvalue weighted by Crippen LogP contribution is -2.09. The molecule has 8 rings (SSSR count). The minimum atomic E-state index is -1.82. The molecule has 0 spiro atoms. The van der Waals surface area contributed by atoms with Gasteiger partial charge in [-0.05, 0) is 49.2 Å². The summed E-state index contributed by atoms with van der Waals surface area (Å²) >= 11 is 0. The smallest absolute Gasteiger partial charge is 0.414 e. The van der Waals surface area contributed by atoms with E-state index in [0.29, 0.717) is 22.7 Å². The van der Waals surface area contributed by atoms with Crippen LogP contribution in [0.3, 0.4) is 0 Å². The predicted molar refractivity (Wildman–Crippen MR) is 223 cm³/mol. The molecule has 0 aliphatic carbocycles. The lowest BCUT2D eigenvalue weighted by Gasteiger charge is -2.13. The molecule has 2 unspecified atom stereocenters. The van der Waals surface area contributed by atoms with Gasteiger partial charge in [0.05, 0.1) is 35.8 Å². The highest BCUT2D eigenvalue weighted by atomic mass is 16.5. The van der Waals surface area contributed by atoms with Crippen LogP contribution in [0.15, 0.2) is 135 Å². The van der Waals surface area contributed by atoms with Crippen LogP contribution in [0.2, 0.25) is 0 Å². The number of aromatic nitrogens is 8. The molecule has 0 saturated carbocycles. The Morgan fingerprint density at radius 2 is 0.781 bits per heavy atom. The third-order valence-electron chi connectivity index (χ3n) is 8.83. The van der Waals surface area contributed by atoms with Crippen LogP contribution in [-0.2, 0) is 28.8 Å². The molecule has 2 atom stereocenters. The summed E-state index contributed by atoms with van der Waals surface area (Å²) in [5.74, 6) is -9.85. The van der Waals surface area contributed by atoms with E-state index in [0.717, 1.165) is 42.7 Å². The van der Waals surface area contributed by atoms with Crippen molar-refractivity contribution in [2.75, 3.05) is 0 Å². The van der Waals surface area contributed by atoms with E-state index in [1.807, 2.05) is 119 Å². The Balaban J connectivity index is 0.000000205. The minimum Gasteiger partial charge on any atom is -0.473 e. The number of hydrogen-bond acceptors (Lipinski definition) is 12. The molecule has 0 amide bonds. The minimum absolute atomic E-state index is 0.136. The van der Waals surface area contributed by atoms with Gasteiger partial charge < -0.3 is 50.2 Å². The fourth-order valence-electron chi connectivity index (χ4n) is 5.57. The molecule has 4 aromatic carbocycles. The van der Waals surface area contributed by atoms with Crippen LogP contribution in [0.4, 0.5) is 0 Å². The van der Waals surface area contributed by atoms with Gasteiger partial charge in [-0.15, -0.1) is 0 Å². The first kappa shape index (κ1) is 47.3. The molecule has 8 aromatic rings. The molecule has 0 aliphatic rings. The van der Waals surface area contributed by atoms with Gasteiger partial charge in [0.1, 0.15) is 11.0 Å². The maximum atomic E-state index is 10.5. The normalized spacial score (nSPS) is 11.1. The zero-order valence-corrected chi connectivity index (χ0v) is 33.5. The number of nitrogens with zero attached hydrogens (tertiary/aromatic N) is 8. The van der Waals surface area contributed by atoms with Gasteiger partial charge in [0.15, 0.2) is 11.6 Å². The van der Waals surface area contributed by atoms with Gasteiger partial charge in [0.25, 0.3) is 0 Å². The van der Waals surface area contributed by atoms with Gasteiger partial charge >= 0.3 is 35.8 Å². The second kappa shape index (κ2) is 21.8. The van der Waals surface area contributed by atoms with Gasteiger partial charge in [-0.25, -0.2) is 48.7 Å². The molecule has 0 saturated heterocycles. The van der Waals surface area contributed by atoms with Crippen molar-refractivity contribution >= 4 is 57.9 Å². The van der Waals surface area contributed by atoms with Crippen LogP contribution >= 0.6 is 0 Å². The summed E-state index contributed by atoms with van der Waals surface area (Å²) in [5, 5.41) is 65.4. The van der Waals surface area contributed by atoms with Crippen molar-refractivity contribution in [3.05, 3.63) is 146 Å². The Kier molecular flexibility index (Phi) is 16.1. The first-order valence-electron chi connectivity index (χ1n) is 18.3. The zero-order chi connectivity index (χ0) is 47.1. The molecule has 4 heterocycles. The number of rotatable bonds is 6. The number of benzene rings is 4. The second-order valence-corrected chi connectivity index (χ2v) is 12.9. The van der Waals surface area contributed by atoms with Crippen molar-refractivity contribution in [3.63, 3.8) is 0 Å². The number of carboxylic acids is 6. The summed E-state index contributed by atoms with van der Waals surface area (Å²) in [5.41, 5.74) is 6.89. The second-order valence-electron chi connectivity index (χ2n) is 12.9. The maximum absolute atomic E-state index is 10.5. The van der Waals surface area contributed by atoms with Gasteiger partial charge in [0.2, 0.25) is 0 Å². The van der Waals surface area contributed by atoms with Crippen LogP contribution in [0.5, 0.6) is 0 Å². The summed E-state index contributed by atoms with van der Waals surface area (Å²) in [6.07, 6.45) is 11.0. The predicted octanol–water partition coefficient (Wildman–Crippen LogP) is 4.96. The van der Waals surface area contributed by atoms with Crippen LogP contribution in [-0.4, -0.2) is 115 Å². The zero-order valence-electron chi connectivity index (χ0n) is 33.5. The first-order valence-corrected chi connectivity index (χ1v) is 18.3. The molecule has 0 radical (unpaired) electrons. The van der Waals surface area contributed by atoms with E-state index in [1.54, 1.807) is 25.0 Å². The Morgan fingerprint density at radius 3 is 1.05 bits per heavy atom. The average molecular weight is 879 g/mol. The molecule has 8 N–H and O–H groups in total. The molecular formula is C42H38N8O14. The number of aliphatic carboxylic acids is 6. The number of imidazole rings is 4. The number of carboxylic acid groups (broad SMARTS) is 6. The lowest BCUT2D eigenvalue weighted by atomic mass is 10.1. The van der Waals surface area contributed by atoms with Gasteiger partial charge in [-0.2, -0.15) is 9.46 Å². The van der Waals surface area contributed by atoms with Crippen molar-refractivity contribution < 1.29 is 69.8 Å². The topological polar surface area (TPSA) is 336 Å². The SMILES string of the molecule is CC(c1ccc2nc(-c3ccccc3)n(O)c2c1)n1ccnc1.CC(c1ccc2nc(-c3ccccc3)n(O)c2c1)n1ccnc1.O=C(O)C(=O)O.O=C(O)C(=O)O.O=C(O)C(=O)O. The van der Waals surface area contributed by atoms with Crippen LogP contribution in [0, 0.1) is 0 Å². The Bertz CT molecular complexity index is 2610. The van der Waals surface area contributed by atoms with Crippen molar-refractivity contribution in [2.24, 2.45) is 0 Å². The molecule has 4 aromatic heterocycles. The third-order valence-corrected chi connectivity index (χ3v) is 8.83. The van der Waals surface area contributed by atoms with Crippen LogP contribution in [0.1, 0.15) is 37.1 Å². The number of hydrogen-bond donors (Lipinski definition) is 8.